The van der Waals surface area contributed by atoms with Gasteiger partial charge in [0.1, 0.15) is 12.1 Å². The lowest BCUT2D eigenvalue weighted by molar-refractivity contribution is -0.137. The van der Waals surface area contributed by atoms with E-state index in [2.05, 4.69) is 51.8 Å². The third-order valence-corrected chi connectivity index (χ3v) is 6.24. The van der Waals surface area contributed by atoms with E-state index in [1.807, 2.05) is 45.9 Å². The molecule has 0 aromatic rings. The van der Waals surface area contributed by atoms with Crippen LogP contribution in [-0.2, 0) is 9.59 Å². The fourth-order valence-corrected chi connectivity index (χ4v) is 3.75. The number of aliphatic hydroxyl groups is 1. The van der Waals surface area contributed by atoms with Gasteiger partial charge in [-0.05, 0) is 58.4 Å². The molecule has 0 radical (unpaired) electrons. The Bertz CT molecular complexity index is 686. The molecular weight excluding hydrogens is 458 g/mol. The van der Waals surface area contributed by atoms with E-state index < -0.39 is 11.5 Å². The standard InChI is InChI=1S/C12H22O3.C11H19N.C10H20/c1-5-6-9(2)11(15)12(3,4)10(14)7-8-13;1-5-8-10(4)12-11(7-3)9-6-2;1-4-6-8-10(3)9-7-5-2/h8-10,14H,5-7H2,1-4H3;6-7,9H,5,8H2,1-4H3;6,8,10H,4-5,7,9H2,1-3H3/b;9-6-,11-7-,12-10?;8-6+. The van der Waals surface area contributed by atoms with Crippen molar-refractivity contribution in [3.8, 4) is 0 Å². The normalized spacial score (nSPS) is 14.9. The van der Waals surface area contributed by atoms with Crippen molar-refractivity contribution in [2.45, 2.75) is 140 Å². The first-order valence-electron chi connectivity index (χ1n) is 14.6. The highest BCUT2D eigenvalue weighted by Gasteiger charge is 2.37. The summed E-state index contributed by atoms with van der Waals surface area (Å²) >= 11 is 0. The maximum Gasteiger partial charge on any atom is 0.143 e. The number of aliphatic imine (C=N–C) groups is 1. The summed E-state index contributed by atoms with van der Waals surface area (Å²) in [5, 5.41) is 9.71. The summed E-state index contributed by atoms with van der Waals surface area (Å²) in [6, 6.07) is 0. The van der Waals surface area contributed by atoms with Crippen LogP contribution in [0.4, 0.5) is 0 Å². The molecule has 216 valence electrons. The molecule has 4 nitrogen and oxygen atoms in total. The van der Waals surface area contributed by atoms with Gasteiger partial charge in [-0.3, -0.25) is 9.79 Å². The molecule has 0 aromatic heterocycles. The average Bonchev–Trinajstić information content (AvgIpc) is 2.86. The Hall–Kier alpha value is -1.81. The van der Waals surface area contributed by atoms with Gasteiger partial charge in [0.2, 0.25) is 0 Å². The number of hydrogen-bond acceptors (Lipinski definition) is 4. The van der Waals surface area contributed by atoms with Gasteiger partial charge < -0.3 is 9.90 Å². The summed E-state index contributed by atoms with van der Waals surface area (Å²) in [6.45, 7) is 22.3. The van der Waals surface area contributed by atoms with Crippen molar-refractivity contribution < 1.29 is 14.7 Å². The number of aliphatic hydroxyl groups excluding tert-OH is 1. The van der Waals surface area contributed by atoms with Crippen LogP contribution in [0.2, 0.25) is 0 Å². The Labute approximate surface area is 230 Å². The molecule has 0 aliphatic heterocycles. The van der Waals surface area contributed by atoms with Crippen LogP contribution in [0.15, 0.2) is 41.1 Å². The molecule has 0 bridgehead atoms. The Balaban J connectivity index is -0.000000479. The summed E-state index contributed by atoms with van der Waals surface area (Å²) in [4.78, 5) is 26.8. The average molecular weight is 520 g/mol. The fourth-order valence-electron chi connectivity index (χ4n) is 3.75. The molecular formula is C33H61NO3. The highest BCUT2D eigenvalue weighted by Crippen LogP contribution is 2.28. The number of aldehydes is 1. The minimum Gasteiger partial charge on any atom is -0.392 e. The van der Waals surface area contributed by atoms with Gasteiger partial charge in [-0.1, -0.05) is 105 Å². The van der Waals surface area contributed by atoms with E-state index in [1.54, 1.807) is 13.8 Å². The van der Waals surface area contributed by atoms with Gasteiger partial charge in [0.25, 0.3) is 0 Å². The molecule has 3 atom stereocenters. The molecule has 0 rings (SSSR count). The second-order valence-corrected chi connectivity index (χ2v) is 10.5. The second-order valence-electron chi connectivity index (χ2n) is 10.5. The number of allylic oxidation sites excluding steroid dienone is 5. The van der Waals surface area contributed by atoms with Crippen molar-refractivity contribution >= 4 is 17.8 Å². The lowest BCUT2D eigenvalue weighted by atomic mass is 9.75. The number of rotatable bonds is 16. The lowest BCUT2D eigenvalue weighted by Crippen LogP contribution is -2.40. The largest absolute Gasteiger partial charge is 0.392 e. The number of nitrogens with zero attached hydrogens (tertiary/aromatic N) is 1. The summed E-state index contributed by atoms with van der Waals surface area (Å²) in [5.74, 6) is 0.782. The first-order chi connectivity index (χ1) is 17.4. The van der Waals surface area contributed by atoms with Crippen molar-refractivity contribution in [1.82, 2.24) is 0 Å². The number of carbonyl (C=O) groups is 2. The van der Waals surface area contributed by atoms with Gasteiger partial charge in [-0.2, -0.15) is 0 Å². The quantitative estimate of drug-likeness (QED) is 0.0955. The molecule has 4 heteroatoms. The lowest BCUT2D eigenvalue weighted by Gasteiger charge is -2.30. The third kappa shape index (κ3) is 21.9. The van der Waals surface area contributed by atoms with Crippen LogP contribution < -0.4 is 0 Å². The smallest absolute Gasteiger partial charge is 0.143 e. The molecule has 3 unspecified atom stereocenters. The number of ketones is 1. The topological polar surface area (TPSA) is 66.7 Å². The molecule has 0 fully saturated rings. The minimum atomic E-state index is -0.873. The number of Topliss-reactive ketones (excluding diaryl/α,β-unsaturated/α-hetero) is 1. The van der Waals surface area contributed by atoms with Gasteiger partial charge in [-0.25, -0.2) is 0 Å². The van der Waals surface area contributed by atoms with Gasteiger partial charge in [0, 0.05) is 23.5 Å². The van der Waals surface area contributed by atoms with E-state index in [9.17, 15) is 14.7 Å². The molecule has 37 heavy (non-hydrogen) atoms. The van der Waals surface area contributed by atoms with Crippen LogP contribution in [0.5, 0.6) is 0 Å². The number of carbonyl (C=O) groups excluding carboxylic acids is 2. The van der Waals surface area contributed by atoms with Crippen LogP contribution in [0.25, 0.3) is 0 Å². The fraction of sp³-hybridized carbons (Fsp3) is 0.727. The Kier molecular flexibility index (Phi) is 27.7. The molecule has 0 saturated heterocycles. The van der Waals surface area contributed by atoms with Crippen LogP contribution >= 0.6 is 0 Å². The van der Waals surface area contributed by atoms with Crippen molar-refractivity contribution in [3.05, 3.63) is 36.1 Å². The van der Waals surface area contributed by atoms with E-state index >= 15 is 0 Å². The maximum absolute atomic E-state index is 12.0. The number of unbranched alkanes of at least 4 members (excludes halogenated alkanes) is 1. The van der Waals surface area contributed by atoms with Gasteiger partial charge >= 0.3 is 0 Å². The first kappa shape index (κ1) is 39.7. The monoisotopic (exact) mass is 519 g/mol. The van der Waals surface area contributed by atoms with Crippen molar-refractivity contribution in [2.24, 2.45) is 22.2 Å². The minimum absolute atomic E-state index is 0.0254. The predicted molar refractivity (Wildman–Crippen MR) is 164 cm³/mol. The molecule has 0 saturated carbocycles. The van der Waals surface area contributed by atoms with E-state index in [0.29, 0.717) is 6.29 Å². The number of hydrogen-bond donors (Lipinski definition) is 1. The Morgan fingerprint density at radius 3 is 2.05 bits per heavy atom. The Morgan fingerprint density at radius 2 is 1.62 bits per heavy atom. The summed E-state index contributed by atoms with van der Waals surface area (Å²) < 4.78 is 0. The van der Waals surface area contributed by atoms with Gasteiger partial charge in [0.05, 0.1) is 11.8 Å². The molecule has 0 heterocycles. The molecule has 0 amide bonds. The van der Waals surface area contributed by atoms with E-state index in [0.717, 1.165) is 30.9 Å². The van der Waals surface area contributed by atoms with E-state index in [1.165, 1.54) is 37.8 Å². The zero-order valence-corrected chi connectivity index (χ0v) is 26.3. The zero-order chi connectivity index (χ0) is 29.3. The molecule has 0 aliphatic rings. The SMILES string of the molecule is C/C=C\C(=C\C)N=C(C)CCC.CC/C=C/C(C)CCCC.CCCC(C)C(=O)C(C)(C)C(O)CC=O. The first-order valence-corrected chi connectivity index (χ1v) is 14.6. The van der Waals surface area contributed by atoms with E-state index in [-0.39, 0.29) is 18.1 Å². The third-order valence-electron chi connectivity index (χ3n) is 6.24. The van der Waals surface area contributed by atoms with Crippen LogP contribution in [0.3, 0.4) is 0 Å². The molecule has 0 spiro atoms. The van der Waals surface area contributed by atoms with Crippen LogP contribution in [0, 0.1) is 17.3 Å². The zero-order valence-electron chi connectivity index (χ0n) is 26.3. The highest BCUT2D eigenvalue weighted by atomic mass is 16.3. The van der Waals surface area contributed by atoms with Crippen molar-refractivity contribution in [2.75, 3.05) is 0 Å². The summed E-state index contributed by atoms with van der Waals surface area (Å²) in [7, 11) is 0. The molecule has 0 aromatic carbocycles. The van der Waals surface area contributed by atoms with Crippen LogP contribution in [-0.4, -0.2) is 29.0 Å². The van der Waals surface area contributed by atoms with Gasteiger partial charge in [0.15, 0.2) is 0 Å². The second kappa shape index (κ2) is 25.8. The molecule has 1 N–H and O–H groups in total. The summed E-state index contributed by atoms with van der Waals surface area (Å²) in [5.41, 5.74) is 1.45. The summed E-state index contributed by atoms with van der Waals surface area (Å²) in [6.07, 6.45) is 19.7. The molecule has 0 aliphatic carbocycles. The maximum atomic E-state index is 12.0. The van der Waals surface area contributed by atoms with Crippen molar-refractivity contribution in [1.29, 1.82) is 0 Å². The Morgan fingerprint density at radius 1 is 1.00 bits per heavy atom. The predicted octanol–water partition coefficient (Wildman–Crippen LogP) is 9.47. The highest BCUT2D eigenvalue weighted by molar-refractivity contribution is 5.87. The van der Waals surface area contributed by atoms with Crippen molar-refractivity contribution in [3.63, 3.8) is 0 Å². The van der Waals surface area contributed by atoms with Crippen LogP contribution in [0.1, 0.15) is 134 Å². The van der Waals surface area contributed by atoms with Gasteiger partial charge in [-0.15, -0.1) is 0 Å². The van der Waals surface area contributed by atoms with E-state index in [4.69, 9.17) is 0 Å².